The fourth-order valence-corrected chi connectivity index (χ4v) is 2.93. The monoisotopic (exact) mass is 383 g/mol. The third kappa shape index (κ3) is 6.42. The van der Waals surface area contributed by atoms with E-state index in [0.717, 1.165) is 16.7 Å². The van der Waals surface area contributed by atoms with Gasteiger partial charge in [-0.05, 0) is 18.1 Å². The van der Waals surface area contributed by atoms with Crippen LogP contribution in [0.15, 0.2) is 54.6 Å². The van der Waals surface area contributed by atoms with Crippen LogP contribution in [0.5, 0.6) is 0 Å². The summed E-state index contributed by atoms with van der Waals surface area (Å²) in [6, 6.07) is 14.6. The van der Waals surface area contributed by atoms with Crippen molar-refractivity contribution < 1.29 is 19.1 Å². The lowest BCUT2D eigenvalue weighted by molar-refractivity contribution is -0.145. The zero-order chi connectivity index (χ0) is 20.5. The number of carbonyl (C=O) groups excluding carboxylic acids is 3. The Bertz CT molecular complexity index is 823. The van der Waals surface area contributed by atoms with Crippen LogP contribution in [-0.4, -0.2) is 31.1 Å². The minimum absolute atomic E-state index is 0.0608. The van der Waals surface area contributed by atoms with Gasteiger partial charge in [-0.25, -0.2) is 9.59 Å². The predicted octanol–water partition coefficient (Wildman–Crippen LogP) is 2.00. The second-order valence-corrected chi connectivity index (χ2v) is 6.51. The lowest BCUT2D eigenvalue weighted by atomic mass is 10.0. The average molecular weight is 383 g/mol. The lowest BCUT2D eigenvalue weighted by Gasteiger charge is -2.21. The molecule has 4 N–H and O–H groups in total. The van der Waals surface area contributed by atoms with Gasteiger partial charge in [0, 0.05) is 6.42 Å². The summed E-state index contributed by atoms with van der Waals surface area (Å²) in [5.74, 6) is -0.932. The van der Waals surface area contributed by atoms with Crippen molar-refractivity contribution in [2.45, 2.75) is 31.8 Å². The molecular formula is C21H25N3O4. The van der Waals surface area contributed by atoms with Crippen LogP contribution < -0.4 is 16.4 Å². The summed E-state index contributed by atoms with van der Waals surface area (Å²) in [6.45, 7) is 1.91. The van der Waals surface area contributed by atoms with Crippen molar-refractivity contribution in [1.29, 1.82) is 0 Å². The molecule has 7 nitrogen and oxygen atoms in total. The SMILES string of the molecule is COC(=O)[C@@H](Cc1ccccc1)NC(=O)C[C@@H](NC(N)=O)c1cccc(C)c1. The van der Waals surface area contributed by atoms with Crippen LogP contribution in [-0.2, 0) is 20.7 Å². The Morgan fingerprint density at radius 3 is 2.36 bits per heavy atom. The highest BCUT2D eigenvalue weighted by atomic mass is 16.5. The second kappa shape index (κ2) is 10.1. The highest BCUT2D eigenvalue weighted by Gasteiger charge is 2.24. The lowest BCUT2D eigenvalue weighted by Crippen LogP contribution is -2.44. The molecule has 0 aliphatic heterocycles. The van der Waals surface area contributed by atoms with Crippen molar-refractivity contribution in [1.82, 2.24) is 10.6 Å². The summed E-state index contributed by atoms with van der Waals surface area (Å²) in [5.41, 5.74) is 7.90. The Labute approximate surface area is 164 Å². The van der Waals surface area contributed by atoms with Gasteiger partial charge in [0.1, 0.15) is 6.04 Å². The number of ether oxygens (including phenoxy) is 1. The van der Waals surface area contributed by atoms with Gasteiger partial charge in [-0.3, -0.25) is 4.79 Å². The number of hydrogen-bond acceptors (Lipinski definition) is 4. The van der Waals surface area contributed by atoms with E-state index in [1.165, 1.54) is 7.11 Å². The molecule has 0 radical (unpaired) electrons. The van der Waals surface area contributed by atoms with Gasteiger partial charge in [-0.15, -0.1) is 0 Å². The minimum Gasteiger partial charge on any atom is -0.467 e. The minimum atomic E-state index is -0.827. The molecule has 0 fully saturated rings. The molecule has 7 heteroatoms. The number of carbonyl (C=O) groups is 3. The predicted molar refractivity (Wildman–Crippen MR) is 105 cm³/mol. The van der Waals surface area contributed by atoms with E-state index in [0.29, 0.717) is 6.42 Å². The number of primary amides is 1. The smallest absolute Gasteiger partial charge is 0.328 e. The molecule has 0 aliphatic rings. The topological polar surface area (TPSA) is 111 Å². The van der Waals surface area contributed by atoms with Crippen LogP contribution in [0.2, 0.25) is 0 Å². The molecule has 2 atom stereocenters. The number of esters is 1. The Kier molecular flexibility index (Phi) is 7.56. The largest absolute Gasteiger partial charge is 0.467 e. The number of rotatable bonds is 8. The van der Waals surface area contributed by atoms with Gasteiger partial charge < -0.3 is 21.1 Å². The van der Waals surface area contributed by atoms with Crippen LogP contribution in [0.1, 0.15) is 29.2 Å². The third-order valence-electron chi connectivity index (χ3n) is 4.25. The van der Waals surface area contributed by atoms with Crippen LogP contribution in [0.25, 0.3) is 0 Å². The van der Waals surface area contributed by atoms with Crippen molar-refractivity contribution in [3.05, 3.63) is 71.3 Å². The number of aryl methyl sites for hydroxylation is 1. The van der Waals surface area contributed by atoms with E-state index in [1.54, 1.807) is 0 Å². The molecule has 0 spiro atoms. The van der Waals surface area contributed by atoms with Crippen molar-refractivity contribution >= 4 is 17.9 Å². The molecule has 3 amide bonds. The average Bonchev–Trinajstić information content (AvgIpc) is 2.66. The van der Waals surface area contributed by atoms with Gasteiger partial charge in [-0.1, -0.05) is 60.2 Å². The second-order valence-electron chi connectivity index (χ2n) is 6.51. The molecule has 28 heavy (non-hydrogen) atoms. The van der Waals surface area contributed by atoms with Crippen LogP contribution in [0.3, 0.4) is 0 Å². The summed E-state index contributed by atoms with van der Waals surface area (Å²) in [6.07, 6.45) is 0.242. The number of amides is 3. The van der Waals surface area contributed by atoms with Crippen molar-refractivity contribution in [2.24, 2.45) is 5.73 Å². The van der Waals surface area contributed by atoms with E-state index >= 15 is 0 Å². The quantitative estimate of drug-likeness (QED) is 0.606. The Hall–Kier alpha value is -3.35. The molecule has 0 heterocycles. The highest BCUT2D eigenvalue weighted by Crippen LogP contribution is 2.18. The van der Waals surface area contributed by atoms with E-state index in [9.17, 15) is 14.4 Å². The Balaban J connectivity index is 2.11. The normalized spacial score (nSPS) is 12.5. The van der Waals surface area contributed by atoms with Gasteiger partial charge >= 0.3 is 12.0 Å². The number of methoxy groups -OCH3 is 1. The summed E-state index contributed by atoms with van der Waals surface area (Å²) < 4.78 is 4.81. The summed E-state index contributed by atoms with van der Waals surface area (Å²) in [4.78, 5) is 36.1. The molecule has 0 bridgehead atoms. The molecule has 2 aromatic carbocycles. The molecule has 2 rings (SSSR count). The fourth-order valence-electron chi connectivity index (χ4n) is 2.93. The molecule has 0 unspecified atom stereocenters. The van der Waals surface area contributed by atoms with Crippen molar-refractivity contribution in [3.63, 3.8) is 0 Å². The first-order chi connectivity index (χ1) is 13.4. The van der Waals surface area contributed by atoms with E-state index in [1.807, 2.05) is 61.5 Å². The van der Waals surface area contributed by atoms with Gasteiger partial charge in [0.05, 0.1) is 19.6 Å². The number of nitrogens with one attached hydrogen (secondary N) is 2. The van der Waals surface area contributed by atoms with E-state index in [-0.39, 0.29) is 6.42 Å². The molecule has 2 aromatic rings. The third-order valence-corrected chi connectivity index (χ3v) is 4.25. The zero-order valence-electron chi connectivity index (χ0n) is 16.0. The highest BCUT2D eigenvalue weighted by molar-refractivity contribution is 5.85. The Morgan fingerprint density at radius 2 is 1.75 bits per heavy atom. The van der Waals surface area contributed by atoms with E-state index < -0.39 is 30.0 Å². The maximum absolute atomic E-state index is 12.6. The summed E-state index contributed by atoms with van der Waals surface area (Å²) >= 11 is 0. The molecule has 0 saturated carbocycles. The molecule has 0 saturated heterocycles. The van der Waals surface area contributed by atoms with Crippen molar-refractivity contribution in [2.75, 3.05) is 7.11 Å². The van der Waals surface area contributed by atoms with Gasteiger partial charge in [0.15, 0.2) is 0 Å². The number of nitrogens with two attached hydrogens (primary N) is 1. The summed E-state index contributed by atoms with van der Waals surface area (Å²) in [5, 5.41) is 5.28. The molecule has 0 aromatic heterocycles. The van der Waals surface area contributed by atoms with Gasteiger partial charge in [0.25, 0.3) is 0 Å². The molecule has 148 valence electrons. The fraction of sp³-hybridized carbons (Fsp3) is 0.286. The maximum Gasteiger partial charge on any atom is 0.328 e. The standard InChI is InChI=1S/C21H25N3O4/c1-14-7-6-10-16(11-14)17(24-21(22)27)13-19(25)23-18(20(26)28-2)12-15-8-4-3-5-9-15/h3-11,17-18H,12-13H2,1-2H3,(H,23,25)(H3,22,24,27)/t17-,18-/m1/s1. The van der Waals surface area contributed by atoms with Crippen LogP contribution in [0.4, 0.5) is 4.79 Å². The number of urea groups is 1. The number of hydrogen-bond donors (Lipinski definition) is 3. The van der Waals surface area contributed by atoms with E-state index in [2.05, 4.69) is 10.6 Å². The van der Waals surface area contributed by atoms with Crippen LogP contribution in [0, 0.1) is 6.92 Å². The first kappa shape index (κ1) is 21.0. The van der Waals surface area contributed by atoms with Gasteiger partial charge in [-0.2, -0.15) is 0 Å². The first-order valence-electron chi connectivity index (χ1n) is 8.92. The van der Waals surface area contributed by atoms with Crippen LogP contribution >= 0.6 is 0 Å². The van der Waals surface area contributed by atoms with Gasteiger partial charge in [0.2, 0.25) is 5.91 Å². The van der Waals surface area contributed by atoms with Crippen molar-refractivity contribution in [3.8, 4) is 0 Å². The summed E-state index contributed by atoms with van der Waals surface area (Å²) in [7, 11) is 1.27. The molecular weight excluding hydrogens is 358 g/mol. The molecule has 0 aliphatic carbocycles. The van der Waals surface area contributed by atoms with E-state index in [4.69, 9.17) is 10.5 Å². The first-order valence-corrected chi connectivity index (χ1v) is 8.92. The zero-order valence-corrected chi connectivity index (χ0v) is 16.0. The maximum atomic E-state index is 12.6. The Morgan fingerprint density at radius 1 is 1.04 bits per heavy atom. The number of benzene rings is 2.